The Kier molecular flexibility index (Phi) is 5.27. The van der Waals surface area contributed by atoms with Crippen molar-refractivity contribution in [2.24, 2.45) is 5.92 Å². The second kappa shape index (κ2) is 6.55. The smallest absolute Gasteiger partial charge is 0.0641 e. The topological polar surface area (TPSA) is 24.5 Å². The van der Waals surface area contributed by atoms with Crippen LogP contribution in [-0.4, -0.2) is 48.8 Å². The van der Waals surface area contributed by atoms with Crippen LogP contribution in [-0.2, 0) is 4.74 Å². The molecule has 2 aliphatic heterocycles. The first-order valence-corrected chi connectivity index (χ1v) is 8.08. The molecule has 0 aliphatic carbocycles. The first-order chi connectivity index (χ1) is 8.96. The number of ether oxygens (including phenoxy) is 1. The summed E-state index contributed by atoms with van der Waals surface area (Å²) < 4.78 is 5.87. The lowest BCUT2D eigenvalue weighted by Gasteiger charge is -2.41. The monoisotopic (exact) mass is 268 g/mol. The second-order valence-corrected chi connectivity index (χ2v) is 7.38. The van der Waals surface area contributed by atoms with Gasteiger partial charge >= 0.3 is 0 Å². The number of nitrogens with one attached hydrogen (secondary N) is 1. The van der Waals surface area contributed by atoms with Crippen molar-refractivity contribution in [3.63, 3.8) is 0 Å². The average Bonchev–Trinajstić information content (AvgIpc) is 2.52. The summed E-state index contributed by atoms with van der Waals surface area (Å²) in [7, 11) is 0. The van der Waals surface area contributed by atoms with E-state index in [1.54, 1.807) is 0 Å². The first kappa shape index (κ1) is 15.3. The van der Waals surface area contributed by atoms with Crippen molar-refractivity contribution in [3.05, 3.63) is 0 Å². The zero-order chi connectivity index (χ0) is 13.9. The summed E-state index contributed by atoms with van der Waals surface area (Å²) in [6.45, 7) is 13.7. The molecule has 2 aliphatic rings. The Bertz CT molecular complexity index is 278. The Morgan fingerprint density at radius 3 is 2.84 bits per heavy atom. The van der Waals surface area contributed by atoms with Crippen LogP contribution in [0.2, 0.25) is 0 Å². The van der Waals surface area contributed by atoms with Crippen LogP contribution < -0.4 is 5.32 Å². The minimum atomic E-state index is 0.0657. The lowest BCUT2D eigenvalue weighted by molar-refractivity contribution is -0.0834. The van der Waals surface area contributed by atoms with Crippen molar-refractivity contribution < 1.29 is 4.74 Å². The van der Waals surface area contributed by atoms with E-state index in [1.807, 2.05) is 0 Å². The summed E-state index contributed by atoms with van der Waals surface area (Å²) in [5.41, 5.74) is 0.0657. The van der Waals surface area contributed by atoms with Crippen LogP contribution in [0.25, 0.3) is 0 Å². The van der Waals surface area contributed by atoms with Gasteiger partial charge in [-0.1, -0.05) is 13.8 Å². The highest BCUT2D eigenvalue weighted by Crippen LogP contribution is 2.28. The molecule has 0 aromatic carbocycles. The van der Waals surface area contributed by atoms with Gasteiger partial charge in [0.05, 0.1) is 5.60 Å². The molecule has 0 aromatic rings. The van der Waals surface area contributed by atoms with Gasteiger partial charge in [-0.25, -0.2) is 0 Å². The van der Waals surface area contributed by atoms with E-state index < -0.39 is 0 Å². The van der Waals surface area contributed by atoms with Gasteiger partial charge in [0.2, 0.25) is 0 Å². The van der Waals surface area contributed by atoms with E-state index in [2.05, 4.69) is 37.9 Å². The molecular weight excluding hydrogens is 236 g/mol. The molecule has 0 spiro atoms. The minimum Gasteiger partial charge on any atom is -0.375 e. The van der Waals surface area contributed by atoms with E-state index >= 15 is 0 Å². The standard InChI is InChI=1S/C16H32N2O/c1-13(2)10-14-12-18(8-5-7-17-14)15-6-9-19-16(3,4)11-15/h13-15,17H,5-12H2,1-4H3. The van der Waals surface area contributed by atoms with Crippen LogP contribution in [0.5, 0.6) is 0 Å². The Balaban J connectivity index is 1.93. The van der Waals surface area contributed by atoms with E-state index in [0.29, 0.717) is 6.04 Å². The summed E-state index contributed by atoms with van der Waals surface area (Å²) in [5, 5.41) is 3.73. The van der Waals surface area contributed by atoms with E-state index in [1.165, 1.54) is 45.3 Å². The van der Waals surface area contributed by atoms with Gasteiger partial charge in [-0.05, 0) is 58.5 Å². The third kappa shape index (κ3) is 4.73. The van der Waals surface area contributed by atoms with Gasteiger partial charge < -0.3 is 10.1 Å². The summed E-state index contributed by atoms with van der Waals surface area (Å²) in [4.78, 5) is 2.73. The fourth-order valence-electron chi connectivity index (χ4n) is 3.60. The number of hydrogen-bond donors (Lipinski definition) is 1. The van der Waals surface area contributed by atoms with E-state index in [9.17, 15) is 0 Å². The molecule has 0 radical (unpaired) electrons. The first-order valence-electron chi connectivity index (χ1n) is 8.08. The predicted molar refractivity (Wildman–Crippen MR) is 80.5 cm³/mol. The van der Waals surface area contributed by atoms with E-state index in [4.69, 9.17) is 4.74 Å². The summed E-state index contributed by atoms with van der Waals surface area (Å²) >= 11 is 0. The van der Waals surface area contributed by atoms with Gasteiger partial charge in [0.1, 0.15) is 0 Å². The van der Waals surface area contributed by atoms with Crippen LogP contribution in [0.15, 0.2) is 0 Å². The lowest BCUT2D eigenvalue weighted by atomic mass is 9.92. The largest absolute Gasteiger partial charge is 0.375 e. The molecular formula is C16H32N2O. The number of nitrogens with zero attached hydrogens (tertiary/aromatic N) is 1. The fraction of sp³-hybridized carbons (Fsp3) is 1.00. The van der Waals surface area contributed by atoms with Crippen molar-refractivity contribution in [2.75, 3.05) is 26.2 Å². The molecule has 112 valence electrons. The van der Waals surface area contributed by atoms with Crippen LogP contribution >= 0.6 is 0 Å². The summed E-state index contributed by atoms with van der Waals surface area (Å²) in [6, 6.07) is 1.40. The molecule has 2 atom stereocenters. The van der Waals surface area contributed by atoms with Gasteiger partial charge in [0.15, 0.2) is 0 Å². The van der Waals surface area contributed by atoms with Crippen molar-refractivity contribution in [2.45, 2.75) is 71.1 Å². The molecule has 0 amide bonds. The van der Waals surface area contributed by atoms with Crippen LogP contribution in [0, 0.1) is 5.92 Å². The van der Waals surface area contributed by atoms with E-state index in [-0.39, 0.29) is 5.60 Å². The number of rotatable bonds is 3. The minimum absolute atomic E-state index is 0.0657. The van der Waals surface area contributed by atoms with E-state index in [0.717, 1.165) is 18.6 Å². The van der Waals surface area contributed by atoms with Crippen LogP contribution in [0.1, 0.15) is 53.4 Å². The third-order valence-electron chi connectivity index (χ3n) is 4.45. The molecule has 2 heterocycles. The molecule has 2 unspecified atom stereocenters. The summed E-state index contributed by atoms with van der Waals surface area (Å²) in [5.74, 6) is 0.781. The number of hydrogen-bond acceptors (Lipinski definition) is 3. The van der Waals surface area contributed by atoms with Gasteiger partial charge in [-0.15, -0.1) is 0 Å². The molecule has 2 saturated heterocycles. The normalized spacial score (nSPS) is 33.3. The zero-order valence-corrected chi connectivity index (χ0v) is 13.2. The molecule has 3 nitrogen and oxygen atoms in total. The maximum Gasteiger partial charge on any atom is 0.0641 e. The van der Waals surface area contributed by atoms with Gasteiger partial charge in [-0.3, -0.25) is 4.90 Å². The zero-order valence-electron chi connectivity index (χ0n) is 13.2. The molecule has 19 heavy (non-hydrogen) atoms. The van der Waals surface area contributed by atoms with Crippen molar-refractivity contribution in [1.29, 1.82) is 0 Å². The Morgan fingerprint density at radius 1 is 1.37 bits per heavy atom. The van der Waals surface area contributed by atoms with Crippen molar-refractivity contribution in [3.8, 4) is 0 Å². The molecule has 3 heteroatoms. The fourth-order valence-corrected chi connectivity index (χ4v) is 3.60. The highest BCUT2D eigenvalue weighted by atomic mass is 16.5. The highest BCUT2D eigenvalue weighted by molar-refractivity contribution is 4.88. The third-order valence-corrected chi connectivity index (χ3v) is 4.45. The van der Waals surface area contributed by atoms with Crippen molar-refractivity contribution in [1.82, 2.24) is 10.2 Å². The molecule has 1 N–H and O–H groups in total. The highest BCUT2D eigenvalue weighted by Gasteiger charge is 2.33. The maximum atomic E-state index is 5.87. The average molecular weight is 268 g/mol. The Hall–Kier alpha value is -0.120. The van der Waals surface area contributed by atoms with Crippen molar-refractivity contribution >= 4 is 0 Å². The van der Waals surface area contributed by atoms with Gasteiger partial charge in [0.25, 0.3) is 0 Å². The van der Waals surface area contributed by atoms with Gasteiger partial charge in [0, 0.05) is 25.2 Å². The lowest BCUT2D eigenvalue weighted by Crippen LogP contribution is -2.49. The Morgan fingerprint density at radius 2 is 2.16 bits per heavy atom. The molecule has 0 saturated carbocycles. The second-order valence-electron chi connectivity index (χ2n) is 7.38. The molecule has 0 bridgehead atoms. The summed E-state index contributed by atoms with van der Waals surface area (Å²) in [6.07, 6.45) is 4.97. The predicted octanol–water partition coefficient (Wildman–Crippen LogP) is 2.65. The maximum absolute atomic E-state index is 5.87. The van der Waals surface area contributed by atoms with Crippen LogP contribution in [0.4, 0.5) is 0 Å². The quantitative estimate of drug-likeness (QED) is 0.851. The molecule has 2 fully saturated rings. The van der Waals surface area contributed by atoms with Crippen LogP contribution in [0.3, 0.4) is 0 Å². The molecule has 2 rings (SSSR count). The Labute approximate surface area is 119 Å². The SMILES string of the molecule is CC(C)CC1CN(C2CCOC(C)(C)C2)CCCN1. The molecule has 0 aromatic heterocycles. The van der Waals surface area contributed by atoms with Gasteiger partial charge in [-0.2, -0.15) is 0 Å².